The van der Waals surface area contributed by atoms with Crippen LogP contribution in [0.4, 0.5) is 0 Å². The molecular formula is C14H20O2S. The largest absolute Gasteiger partial charge is 0.507 e. The maximum absolute atomic E-state index is 10.2. The van der Waals surface area contributed by atoms with Crippen molar-refractivity contribution < 1.29 is 9.84 Å². The number of benzene rings is 1. The van der Waals surface area contributed by atoms with E-state index in [1.807, 2.05) is 30.8 Å². The Morgan fingerprint density at radius 3 is 2.71 bits per heavy atom. The summed E-state index contributed by atoms with van der Waals surface area (Å²) in [7, 11) is 1.68. The van der Waals surface area contributed by atoms with Gasteiger partial charge in [0.1, 0.15) is 11.5 Å². The van der Waals surface area contributed by atoms with Crippen LogP contribution in [0.25, 0.3) is 0 Å². The lowest BCUT2D eigenvalue weighted by Crippen LogP contribution is -2.02. The Kier molecular flexibility index (Phi) is 3.87. The zero-order valence-electron chi connectivity index (χ0n) is 10.7. The topological polar surface area (TPSA) is 29.5 Å². The SMILES string of the molecule is CCSC(c1c(O)cc(C)cc1OC)C1CC1. The molecule has 0 amide bonds. The second-order valence-electron chi connectivity index (χ2n) is 4.61. The van der Waals surface area contributed by atoms with E-state index in [-0.39, 0.29) is 0 Å². The molecule has 1 aliphatic rings. The number of thioether (sulfide) groups is 1. The summed E-state index contributed by atoms with van der Waals surface area (Å²) in [6.45, 7) is 4.14. The number of ether oxygens (including phenoxy) is 1. The molecule has 1 atom stereocenters. The molecule has 2 nitrogen and oxygen atoms in total. The van der Waals surface area contributed by atoms with E-state index in [2.05, 4.69) is 6.92 Å². The van der Waals surface area contributed by atoms with Crippen molar-refractivity contribution in [3.05, 3.63) is 23.3 Å². The Hall–Kier alpha value is -0.830. The molecule has 1 aliphatic carbocycles. The standard InChI is InChI=1S/C14H20O2S/c1-4-17-14(10-5-6-10)13-11(15)7-9(2)8-12(13)16-3/h7-8,10,14-15H,4-6H2,1-3H3. The van der Waals surface area contributed by atoms with E-state index >= 15 is 0 Å². The van der Waals surface area contributed by atoms with Crippen LogP contribution in [-0.2, 0) is 0 Å². The molecule has 0 spiro atoms. The number of hydrogen-bond donors (Lipinski definition) is 1. The average Bonchev–Trinajstić information content (AvgIpc) is 3.09. The minimum absolute atomic E-state index is 0.385. The van der Waals surface area contributed by atoms with E-state index in [4.69, 9.17) is 4.74 Å². The van der Waals surface area contributed by atoms with Crippen molar-refractivity contribution >= 4 is 11.8 Å². The van der Waals surface area contributed by atoms with Crippen molar-refractivity contribution in [3.8, 4) is 11.5 Å². The van der Waals surface area contributed by atoms with Gasteiger partial charge in [-0.25, -0.2) is 0 Å². The van der Waals surface area contributed by atoms with E-state index < -0.39 is 0 Å². The van der Waals surface area contributed by atoms with Crippen molar-refractivity contribution in [2.45, 2.75) is 31.9 Å². The smallest absolute Gasteiger partial charge is 0.127 e. The molecule has 2 rings (SSSR count). The van der Waals surface area contributed by atoms with Gasteiger partial charge in [0.05, 0.1) is 7.11 Å². The molecule has 0 heterocycles. The number of methoxy groups -OCH3 is 1. The number of rotatable bonds is 5. The maximum atomic E-state index is 10.2. The lowest BCUT2D eigenvalue weighted by atomic mass is 10.0. The van der Waals surface area contributed by atoms with E-state index in [0.29, 0.717) is 16.9 Å². The summed E-state index contributed by atoms with van der Waals surface area (Å²) in [5.41, 5.74) is 2.03. The summed E-state index contributed by atoms with van der Waals surface area (Å²) >= 11 is 1.91. The molecule has 1 aromatic carbocycles. The van der Waals surface area contributed by atoms with Gasteiger partial charge in [0.15, 0.2) is 0 Å². The third-order valence-corrected chi connectivity index (χ3v) is 4.48. The van der Waals surface area contributed by atoms with Crippen LogP contribution in [0, 0.1) is 12.8 Å². The van der Waals surface area contributed by atoms with E-state index in [1.54, 1.807) is 7.11 Å². The molecule has 0 radical (unpaired) electrons. The van der Waals surface area contributed by atoms with E-state index in [1.165, 1.54) is 12.8 Å². The summed E-state index contributed by atoms with van der Waals surface area (Å²) in [6, 6.07) is 3.85. The molecule has 0 bridgehead atoms. The fourth-order valence-corrected chi connectivity index (χ4v) is 3.54. The van der Waals surface area contributed by atoms with Crippen molar-refractivity contribution in [1.29, 1.82) is 0 Å². The summed E-state index contributed by atoms with van der Waals surface area (Å²) in [5, 5.41) is 10.6. The maximum Gasteiger partial charge on any atom is 0.127 e. The number of hydrogen-bond acceptors (Lipinski definition) is 3. The van der Waals surface area contributed by atoms with Crippen molar-refractivity contribution in [2.75, 3.05) is 12.9 Å². The first-order valence-corrected chi connectivity index (χ1v) is 7.21. The van der Waals surface area contributed by atoms with Gasteiger partial charge in [-0.15, -0.1) is 0 Å². The molecule has 0 saturated heterocycles. The lowest BCUT2D eigenvalue weighted by molar-refractivity contribution is 0.397. The number of phenols is 1. The van der Waals surface area contributed by atoms with Crippen LogP contribution in [0.15, 0.2) is 12.1 Å². The number of phenolic OH excluding ortho intramolecular Hbond substituents is 1. The monoisotopic (exact) mass is 252 g/mol. The Labute approximate surface area is 107 Å². The zero-order chi connectivity index (χ0) is 12.4. The second kappa shape index (κ2) is 5.21. The van der Waals surface area contributed by atoms with Gasteiger partial charge in [0.2, 0.25) is 0 Å². The molecule has 0 aliphatic heterocycles. The zero-order valence-corrected chi connectivity index (χ0v) is 11.5. The molecule has 1 N–H and O–H groups in total. The fraction of sp³-hybridized carbons (Fsp3) is 0.571. The third kappa shape index (κ3) is 2.71. The van der Waals surface area contributed by atoms with Gasteiger partial charge >= 0.3 is 0 Å². The Morgan fingerprint density at radius 1 is 1.47 bits per heavy atom. The lowest BCUT2D eigenvalue weighted by Gasteiger charge is -2.20. The number of aryl methyl sites for hydroxylation is 1. The predicted octanol–water partition coefficient (Wildman–Crippen LogP) is 3.91. The quantitative estimate of drug-likeness (QED) is 0.861. The summed E-state index contributed by atoms with van der Waals surface area (Å²) in [5.74, 6) is 3.00. The highest BCUT2D eigenvalue weighted by Gasteiger charge is 2.35. The molecule has 17 heavy (non-hydrogen) atoms. The van der Waals surface area contributed by atoms with Crippen LogP contribution in [0.2, 0.25) is 0 Å². The first kappa shape index (κ1) is 12.6. The highest BCUT2D eigenvalue weighted by atomic mass is 32.2. The highest BCUT2D eigenvalue weighted by Crippen LogP contribution is 2.53. The predicted molar refractivity (Wildman–Crippen MR) is 73.0 cm³/mol. The van der Waals surface area contributed by atoms with Crippen molar-refractivity contribution in [1.82, 2.24) is 0 Å². The van der Waals surface area contributed by atoms with Crippen LogP contribution in [0.1, 0.15) is 36.1 Å². The van der Waals surface area contributed by atoms with Crippen LogP contribution in [-0.4, -0.2) is 18.0 Å². The summed E-state index contributed by atoms with van der Waals surface area (Å²) in [6.07, 6.45) is 2.54. The normalized spacial score (nSPS) is 16.9. The van der Waals surface area contributed by atoms with Crippen LogP contribution in [0.5, 0.6) is 11.5 Å². The minimum Gasteiger partial charge on any atom is -0.507 e. The Morgan fingerprint density at radius 2 is 2.18 bits per heavy atom. The van der Waals surface area contributed by atoms with Gasteiger partial charge < -0.3 is 9.84 Å². The average molecular weight is 252 g/mol. The van der Waals surface area contributed by atoms with Gasteiger partial charge in [0, 0.05) is 10.8 Å². The third-order valence-electron chi connectivity index (χ3n) is 3.17. The molecule has 0 aromatic heterocycles. The van der Waals surface area contributed by atoms with Crippen molar-refractivity contribution in [3.63, 3.8) is 0 Å². The first-order valence-electron chi connectivity index (χ1n) is 6.16. The van der Waals surface area contributed by atoms with Crippen LogP contribution < -0.4 is 4.74 Å². The molecular weight excluding hydrogens is 232 g/mol. The molecule has 1 aromatic rings. The second-order valence-corrected chi connectivity index (χ2v) is 6.03. The summed E-state index contributed by atoms with van der Waals surface area (Å²) in [4.78, 5) is 0. The van der Waals surface area contributed by atoms with Gasteiger partial charge in [-0.2, -0.15) is 11.8 Å². The highest BCUT2D eigenvalue weighted by molar-refractivity contribution is 7.99. The van der Waals surface area contributed by atoms with Gasteiger partial charge in [-0.3, -0.25) is 0 Å². The Bertz CT molecular complexity index is 399. The minimum atomic E-state index is 0.385. The molecule has 1 unspecified atom stereocenters. The fourth-order valence-electron chi connectivity index (χ4n) is 2.23. The Balaban J connectivity index is 2.40. The van der Waals surface area contributed by atoms with E-state index in [0.717, 1.165) is 22.6 Å². The molecule has 3 heteroatoms. The van der Waals surface area contributed by atoms with Crippen molar-refractivity contribution in [2.24, 2.45) is 5.92 Å². The van der Waals surface area contributed by atoms with E-state index in [9.17, 15) is 5.11 Å². The van der Waals surface area contributed by atoms with Gasteiger partial charge in [0.25, 0.3) is 0 Å². The van der Waals surface area contributed by atoms with Gasteiger partial charge in [-0.1, -0.05) is 6.92 Å². The molecule has 94 valence electrons. The molecule has 1 fully saturated rings. The summed E-state index contributed by atoms with van der Waals surface area (Å²) < 4.78 is 5.44. The van der Waals surface area contributed by atoms with Crippen LogP contribution >= 0.6 is 11.8 Å². The van der Waals surface area contributed by atoms with Crippen LogP contribution in [0.3, 0.4) is 0 Å². The molecule has 1 saturated carbocycles. The van der Waals surface area contributed by atoms with Gasteiger partial charge in [-0.05, 0) is 49.1 Å². The first-order chi connectivity index (χ1) is 8.17. The number of aromatic hydroxyl groups is 1.